The Morgan fingerprint density at radius 1 is 1.40 bits per heavy atom. The van der Waals surface area contributed by atoms with Gasteiger partial charge in [-0.15, -0.1) is 0 Å². The van der Waals surface area contributed by atoms with Crippen molar-refractivity contribution in [1.82, 2.24) is 4.90 Å². The molecule has 0 saturated carbocycles. The van der Waals surface area contributed by atoms with Crippen molar-refractivity contribution in [3.8, 4) is 0 Å². The van der Waals surface area contributed by atoms with Crippen LogP contribution in [0.15, 0.2) is 22.7 Å². The molecule has 0 heterocycles. The molecule has 0 saturated heterocycles. The Morgan fingerprint density at radius 3 is 2.60 bits per heavy atom. The number of hydrogen-bond donors (Lipinski definition) is 0. The molecule has 1 rings (SSSR count). The van der Waals surface area contributed by atoms with Crippen LogP contribution in [0.4, 0.5) is 0 Å². The molecule has 0 bridgehead atoms. The van der Waals surface area contributed by atoms with Crippen molar-refractivity contribution in [2.24, 2.45) is 0 Å². The highest BCUT2D eigenvalue weighted by atomic mass is 127. The molecule has 0 atom stereocenters. The van der Waals surface area contributed by atoms with E-state index >= 15 is 0 Å². The lowest BCUT2D eigenvalue weighted by Gasteiger charge is -2.31. The zero-order valence-electron chi connectivity index (χ0n) is 12.2. The summed E-state index contributed by atoms with van der Waals surface area (Å²) >= 11 is 5.71. The summed E-state index contributed by atoms with van der Waals surface area (Å²) in [6, 6.07) is 6.09. The van der Waals surface area contributed by atoms with E-state index in [1.54, 1.807) is 7.11 Å². The van der Waals surface area contributed by atoms with E-state index in [4.69, 9.17) is 4.74 Å². The molecule has 112 valence electrons. The van der Waals surface area contributed by atoms with Gasteiger partial charge in [0.1, 0.15) is 0 Å². The van der Waals surface area contributed by atoms with Crippen LogP contribution >= 0.6 is 38.5 Å². The maximum atomic E-state index is 12.8. The second-order valence-corrected chi connectivity index (χ2v) is 6.69. The van der Waals surface area contributed by atoms with E-state index in [0.29, 0.717) is 13.2 Å². The standard InChI is InChI=1S/C15H21BrINO2/c1-4-12(5-2)18(8-9-20-3)15(19)13-10-11(17)6-7-14(13)16/h6-7,10,12H,4-5,8-9H2,1-3H3. The number of nitrogens with zero attached hydrogens (tertiary/aromatic N) is 1. The van der Waals surface area contributed by atoms with Crippen molar-refractivity contribution in [2.75, 3.05) is 20.3 Å². The van der Waals surface area contributed by atoms with Crippen molar-refractivity contribution >= 4 is 44.4 Å². The van der Waals surface area contributed by atoms with Crippen LogP contribution in [0, 0.1) is 3.57 Å². The first-order valence-corrected chi connectivity index (χ1v) is 8.67. The van der Waals surface area contributed by atoms with Crippen LogP contribution in [0.1, 0.15) is 37.0 Å². The van der Waals surface area contributed by atoms with E-state index in [9.17, 15) is 4.79 Å². The first-order valence-electron chi connectivity index (χ1n) is 6.80. The normalized spacial score (nSPS) is 10.9. The number of halogens is 2. The third kappa shape index (κ3) is 4.70. The molecule has 0 fully saturated rings. The van der Waals surface area contributed by atoms with Gasteiger partial charge in [-0.3, -0.25) is 4.79 Å². The Labute approximate surface area is 143 Å². The highest BCUT2D eigenvalue weighted by molar-refractivity contribution is 14.1. The second kappa shape index (κ2) is 9.00. The number of methoxy groups -OCH3 is 1. The van der Waals surface area contributed by atoms with E-state index < -0.39 is 0 Å². The van der Waals surface area contributed by atoms with Crippen molar-refractivity contribution in [3.05, 3.63) is 31.8 Å². The van der Waals surface area contributed by atoms with Crippen molar-refractivity contribution < 1.29 is 9.53 Å². The van der Waals surface area contributed by atoms with Gasteiger partial charge in [0.2, 0.25) is 0 Å². The second-order valence-electron chi connectivity index (χ2n) is 4.59. The van der Waals surface area contributed by atoms with Crippen LogP contribution in [0.2, 0.25) is 0 Å². The van der Waals surface area contributed by atoms with E-state index in [2.05, 4.69) is 52.4 Å². The quantitative estimate of drug-likeness (QED) is 0.575. The van der Waals surface area contributed by atoms with E-state index in [-0.39, 0.29) is 11.9 Å². The fraction of sp³-hybridized carbons (Fsp3) is 0.533. The van der Waals surface area contributed by atoms with Gasteiger partial charge in [0, 0.05) is 27.7 Å². The maximum Gasteiger partial charge on any atom is 0.255 e. The van der Waals surface area contributed by atoms with Gasteiger partial charge in [0.15, 0.2) is 0 Å². The molecule has 0 aliphatic heterocycles. The largest absolute Gasteiger partial charge is 0.383 e. The lowest BCUT2D eigenvalue weighted by Crippen LogP contribution is -2.42. The van der Waals surface area contributed by atoms with Crippen LogP contribution in [-0.4, -0.2) is 37.1 Å². The van der Waals surface area contributed by atoms with Crippen LogP contribution in [-0.2, 0) is 4.74 Å². The van der Waals surface area contributed by atoms with Gasteiger partial charge in [-0.1, -0.05) is 13.8 Å². The molecule has 0 unspecified atom stereocenters. The number of ether oxygens (including phenoxy) is 1. The molecule has 0 spiro atoms. The van der Waals surface area contributed by atoms with Gasteiger partial charge < -0.3 is 9.64 Å². The minimum atomic E-state index is 0.0705. The van der Waals surface area contributed by atoms with Crippen LogP contribution in [0.5, 0.6) is 0 Å². The first-order chi connectivity index (χ1) is 9.54. The number of benzene rings is 1. The molecule has 0 N–H and O–H groups in total. The number of rotatable bonds is 7. The number of carbonyl (C=O) groups is 1. The van der Waals surface area contributed by atoms with Gasteiger partial charge in [0.25, 0.3) is 5.91 Å². The number of amides is 1. The van der Waals surface area contributed by atoms with Gasteiger partial charge in [0.05, 0.1) is 12.2 Å². The molecule has 1 aromatic carbocycles. The molecule has 20 heavy (non-hydrogen) atoms. The SMILES string of the molecule is CCC(CC)N(CCOC)C(=O)c1cc(I)ccc1Br. The van der Waals surface area contributed by atoms with Gasteiger partial charge in [-0.05, 0) is 69.6 Å². The van der Waals surface area contributed by atoms with E-state index in [0.717, 1.165) is 26.4 Å². The van der Waals surface area contributed by atoms with Crippen LogP contribution in [0.3, 0.4) is 0 Å². The Hall–Kier alpha value is -0.140. The minimum absolute atomic E-state index is 0.0705. The fourth-order valence-corrected chi connectivity index (χ4v) is 3.09. The van der Waals surface area contributed by atoms with Gasteiger partial charge in [-0.25, -0.2) is 0 Å². The molecule has 0 radical (unpaired) electrons. The zero-order valence-corrected chi connectivity index (χ0v) is 15.9. The molecule has 3 nitrogen and oxygen atoms in total. The first kappa shape index (κ1) is 17.9. The summed E-state index contributed by atoms with van der Waals surface area (Å²) < 4.78 is 7.05. The Morgan fingerprint density at radius 2 is 2.05 bits per heavy atom. The number of hydrogen-bond acceptors (Lipinski definition) is 2. The molecule has 0 aliphatic rings. The lowest BCUT2D eigenvalue weighted by molar-refractivity contribution is 0.0588. The predicted molar refractivity (Wildman–Crippen MR) is 94.1 cm³/mol. The van der Waals surface area contributed by atoms with Gasteiger partial charge >= 0.3 is 0 Å². The van der Waals surface area contributed by atoms with Crippen molar-refractivity contribution in [3.63, 3.8) is 0 Å². The number of carbonyl (C=O) groups excluding carboxylic acids is 1. The Balaban J connectivity index is 3.05. The third-order valence-corrected chi connectivity index (χ3v) is 4.70. The molecule has 5 heteroatoms. The van der Waals surface area contributed by atoms with Gasteiger partial charge in [-0.2, -0.15) is 0 Å². The summed E-state index contributed by atoms with van der Waals surface area (Å²) in [4.78, 5) is 14.8. The lowest BCUT2D eigenvalue weighted by atomic mass is 10.1. The highest BCUT2D eigenvalue weighted by Gasteiger charge is 2.23. The summed E-state index contributed by atoms with van der Waals surface area (Å²) in [6.45, 7) is 5.42. The molecular formula is C15H21BrINO2. The molecule has 1 aromatic rings. The summed E-state index contributed by atoms with van der Waals surface area (Å²) in [7, 11) is 1.66. The van der Waals surface area contributed by atoms with Crippen LogP contribution < -0.4 is 0 Å². The Kier molecular flexibility index (Phi) is 8.06. The van der Waals surface area contributed by atoms with E-state index in [1.165, 1.54) is 0 Å². The third-order valence-electron chi connectivity index (χ3n) is 3.34. The molecule has 0 aromatic heterocycles. The fourth-order valence-electron chi connectivity index (χ4n) is 2.19. The minimum Gasteiger partial charge on any atom is -0.383 e. The highest BCUT2D eigenvalue weighted by Crippen LogP contribution is 2.23. The molecule has 1 amide bonds. The smallest absolute Gasteiger partial charge is 0.255 e. The summed E-state index contributed by atoms with van der Waals surface area (Å²) in [5, 5.41) is 0. The average Bonchev–Trinajstić information content (AvgIpc) is 2.45. The monoisotopic (exact) mass is 453 g/mol. The summed E-state index contributed by atoms with van der Waals surface area (Å²) in [6.07, 6.45) is 1.90. The summed E-state index contributed by atoms with van der Waals surface area (Å²) in [5.41, 5.74) is 0.722. The van der Waals surface area contributed by atoms with E-state index in [1.807, 2.05) is 23.1 Å². The predicted octanol–water partition coefficient (Wildman–Crippen LogP) is 4.33. The van der Waals surface area contributed by atoms with Crippen LogP contribution in [0.25, 0.3) is 0 Å². The van der Waals surface area contributed by atoms with Crippen molar-refractivity contribution in [1.29, 1.82) is 0 Å². The molecular weight excluding hydrogens is 433 g/mol. The van der Waals surface area contributed by atoms with Crippen molar-refractivity contribution in [2.45, 2.75) is 32.7 Å². The molecule has 0 aliphatic carbocycles. The Bertz CT molecular complexity index is 449. The maximum absolute atomic E-state index is 12.8. The summed E-state index contributed by atoms with van der Waals surface area (Å²) in [5.74, 6) is 0.0705. The average molecular weight is 454 g/mol. The zero-order chi connectivity index (χ0) is 15.1. The topological polar surface area (TPSA) is 29.5 Å².